The highest BCUT2D eigenvalue weighted by Gasteiger charge is 2.17. The van der Waals surface area contributed by atoms with Gasteiger partial charge >= 0.3 is 0 Å². The number of aromatic nitrogens is 4. The SMILES string of the molecule is CCn1nc(C)cc1C(=O)Nc1nc2ccccc2n1C/C=C/CNc1c(N)cc(C(N)=O)cc1OC. The molecule has 192 valence electrons. The minimum Gasteiger partial charge on any atom is -0.494 e. The Morgan fingerprint density at radius 1 is 1.16 bits per heavy atom. The van der Waals surface area contributed by atoms with Gasteiger partial charge in [0, 0.05) is 25.2 Å². The zero-order chi connectivity index (χ0) is 26.5. The number of nitrogen functional groups attached to an aromatic ring is 1. The number of nitrogens with one attached hydrogen (secondary N) is 2. The van der Waals surface area contributed by atoms with E-state index in [2.05, 4.69) is 20.7 Å². The van der Waals surface area contributed by atoms with Crippen molar-refractivity contribution in [2.24, 2.45) is 5.73 Å². The minimum absolute atomic E-state index is 0.272. The van der Waals surface area contributed by atoms with Crippen molar-refractivity contribution in [3.63, 3.8) is 0 Å². The average molecular weight is 503 g/mol. The number of hydrogen-bond acceptors (Lipinski definition) is 7. The molecule has 2 aromatic carbocycles. The van der Waals surface area contributed by atoms with Crippen LogP contribution >= 0.6 is 0 Å². The largest absolute Gasteiger partial charge is 0.494 e. The molecule has 6 N–H and O–H groups in total. The van der Waals surface area contributed by atoms with Gasteiger partial charge in [0.15, 0.2) is 0 Å². The molecule has 0 bridgehead atoms. The number of nitrogens with zero attached hydrogens (tertiary/aromatic N) is 4. The summed E-state index contributed by atoms with van der Waals surface area (Å²) < 4.78 is 8.95. The number of primary amides is 1. The molecule has 2 amide bonds. The van der Waals surface area contributed by atoms with Crippen LogP contribution in [0.1, 0.15) is 33.5 Å². The third-order valence-corrected chi connectivity index (χ3v) is 5.80. The zero-order valence-electron chi connectivity index (χ0n) is 21.0. The topological polar surface area (TPSA) is 155 Å². The summed E-state index contributed by atoms with van der Waals surface area (Å²) in [5.74, 6) is 0.0143. The van der Waals surface area contributed by atoms with Gasteiger partial charge in [-0.2, -0.15) is 5.10 Å². The highest BCUT2D eigenvalue weighted by Crippen LogP contribution is 2.32. The highest BCUT2D eigenvalue weighted by molar-refractivity contribution is 6.03. The number of hydrogen-bond donors (Lipinski definition) is 4. The molecule has 0 saturated carbocycles. The van der Waals surface area contributed by atoms with Gasteiger partial charge in [0.2, 0.25) is 11.9 Å². The second-order valence-corrected chi connectivity index (χ2v) is 8.33. The maximum atomic E-state index is 13.0. The number of nitrogens with two attached hydrogens (primary N) is 2. The molecule has 2 aromatic heterocycles. The Labute approximate surface area is 214 Å². The summed E-state index contributed by atoms with van der Waals surface area (Å²) >= 11 is 0. The minimum atomic E-state index is -0.582. The van der Waals surface area contributed by atoms with Crippen molar-refractivity contribution in [3.05, 3.63) is 71.6 Å². The molecule has 0 unspecified atom stereocenters. The van der Waals surface area contributed by atoms with Crippen LogP contribution in [0.15, 0.2) is 54.6 Å². The van der Waals surface area contributed by atoms with Crippen LogP contribution in [-0.4, -0.2) is 44.8 Å². The second-order valence-electron chi connectivity index (χ2n) is 8.33. The lowest BCUT2D eigenvalue weighted by Crippen LogP contribution is -2.19. The predicted octanol–water partition coefficient (Wildman–Crippen LogP) is 3.17. The zero-order valence-corrected chi connectivity index (χ0v) is 21.0. The first-order chi connectivity index (χ1) is 17.8. The van der Waals surface area contributed by atoms with Crippen molar-refractivity contribution in [1.29, 1.82) is 0 Å². The van der Waals surface area contributed by atoms with E-state index in [1.807, 2.05) is 54.8 Å². The van der Waals surface area contributed by atoms with Gasteiger partial charge in [-0.15, -0.1) is 0 Å². The fourth-order valence-corrected chi connectivity index (χ4v) is 4.04. The molecule has 11 heteroatoms. The normalized spacial score (nSPS) is 11.2. The molecule has 0 spiro atoms. The molecule has 0 saturated heterocycles. The maximum Gasteiger partial charge on any atom is 0.276 e. The van der Waals surface area contributed by atoms with Gasteiger partial charge in [0.05, 0.1) is 29.5 Å². The van der Waals surface area contributed by atoms with E-state index in [9.17, 15) is 9.59 Å². The summed E-state index contributed by atoms with van der Waals surface area (Å²) in [5, 5.41) is 10.5. The number of rotatable bonds is 10. The number of allylic oxidation sites excluding steroid dienone is 1. The number of methoxy groups -OCH3 is 1. The Hall–Kier alpha value is -4.80. The Kier molecular flexibility index (Phi) is 7.42. The number of imidazole rings is 1. The second kappa shape index (κ2) is 10.9. The van der Waals surface area contributed by atoms with Crippen LogP contribution in [0.4, 0.5) is 17.3 Å². The van der Waals surface area contributed by atoms with Gasteiger partial charge in [-0.25, -0.2) is 4.98 Å². The summed E-state index contributed by atoms with van der Waals surface area (Å²) in [6, 6.07) is 12.5. The number of carbonyl (C=O) groups is 2. The van der Waals surface area contributed by atoms with Gasteiger partial charge in [0.25, 0.3) is 5.91 Å². The first-order valence-electron chi connectivity index (χ1n) is 11.8. The molecular weight excluding hydrogens is 472 g/mol. The molecule has 4 aromatic rings. The summed E-state index contributed by atoms with van der Waals surface area (Å²) in [5.41, 5.74) is 15.6. The van der Waals surface area contributed by atoms with Gasteiger partial charge in [-0.3, -0.25) is 19.6 Å². The van der Waals surface area contributed by atoms with Crippen LogP contribution in [0, 0.1) is 6.92 Å². The molecule has 11 nitrogen and oxygen atoms in total. The van der Waals surface area contributed by atoms with E-state index < -0.39 is 5.91 Å². The highest BCUT2D eigenvalue weighted by atomic mass is 16.5. The van der Waals surface area contributed by atoms with E-state index in [4.69, 9.17) is 16.2 Å². The van der Waals surface area contributed by atoms with Crippen molar-refractivity contribution in [2.75, 3.05) is 30.0 Å². The lowest BCUT2D eigenvalue weighted by Gasteiger charge is -2.14. The van der Waals surface area contributed by atoms with Crippen LogP contribution in [0.5, 0.6) is 5.75 Å². The first kappa shape index (κ1) is 25.3. The number of fused-ring (bicyclic) bond motifs is 1. The van der Waals surface area contributed by atoms with Crippen molar-refractivity contribution in [2.45, 2.75) is 26.9 Å². The van der Waals surface area contributed by atoms with Crippen LogP contribution in [0.25, 0.3) is 11.0 Å². The molecular formula is C26H30N8O3. The van der Waals surface area contributed by atoms with Crippen molar-refractivity contribution >= 4 is 40.2 Å². The number of benzene rings is 2. The van der Waals surface area contributed by atoms with E-state index in [-0.39, 0.29) is 11.5 Å². The molecule has 0 radical (unpaired) electrons. The van der Waals surface area contributed by atoms with Gasteiger partial charge in [-0.05, 0) is 44.2 Å². The van der Waals surface area contributed by atoms with Crippen LogP contribution in [0.3, 0.4) is 0 Å². The summed E-state index contributed by atoms with van der Waals surface area (Å²) in [4.78, 5) is 29.1. The fourth-order valence-electron chi connectivity index (χ4n) is 4.04. The quantitative estimate of drug-likeness (QED) is 0.192. The number of carbonyl (C=O) groups excluding carboxylic acids is 2. The molecule has 4 rings (SSSR count). The number of ether oxygens (including phenoxy) is 1. The lowest BCUT2D eigenvalue weighted by molar-refractivity contribution is 0.0995. The molecule has 0 atom stereocenters. The van der Waals surface area contributed by atoms with Crippen LogP contribution in [-0.2, 0) is 13.1 Å². The molecule has 0 aliphatic carbocycles. The number of amides is 2. The standard InChI is InChI=1S/C26H30N8O3/c1-4-34-21(13-16(2)32-34)25(36)31-26-30-19-9-5-6-10-20(19)33(26)12-8-7-11-29-23-18(27)14-17(24(28)35)15-22(23)37-3/h5-10,13-15,29H,4,11-12,27H2,1-3H3,(H2,28,35)(H,30,31,36)/b8-7+. The summed E-state index contributed by atoms with van der Waals surface area (Å²) in [6.07, 6.45) is 3.88. The molecule has 0 aliphatic rings. The summed E-state index contributed by atoms with van der Waals surface area (Å²) in [6.45, 7) is 5.29. The Morgan fingerprint density at radius 3 is 2.68 bits per heavy atom. The van der Waals surface area contributed by atoms with Crippen molar-refractivity contribution < 1.29 is 14.3 Å². The third-order valence-electron chi connectivity index (χ3n) is 5.80. The van der Waals surface area contributed by atoms with E-state index >= 15 is 0 Å². The van der Waals surface area contributed by atoms with E-state index in [1.165, 1.54) is 13.2 Å². The smallest absolute Gasteiger partial charge is 0.276 e. The monoisotopic (exact) mass is 502 g/mol. The van der Waals surface area contributed by atoms with E-state index in [0.717, 1.165) is 16.7 Å². The number of para-hydroxylation sites is 2. The third kappa shape index (κ3) is 5.40. The Morgan fingerprint density at radius 2 is 1.95 bits per heavy atom. The lowest BCUT2D eigenvalue weighted by atomic mass is 10.1. The van der Waals surface area contributed by atoms with E-state index in [0.29, 0.717) is 48.4 Å². The molecule has 0 fully saturated rings. The van der Waals surface area contributed by atoms with Gasteiger partial charge in [0.1, 0.15) is 17.1 Å². The van der Waals surface area contributed by atoms with Crippen molar-refractivity contribution in [1.82, 2.24) is 19.3 Å². The van der Waals surface area contributed by atoms with Crippen molar-refractivity contribution in [3.8, 4) is 5.75 Å². The van der Waals surface area contributed by atoms with Gasteiger partial charge in [-0.1, -0.05) is 24.3 Å². The number of aryl methyl sites for hydroxylation is 2. The maximum absolute atomic E-state index is 13.0. The Bertz CT molecular complexity index is 1480. The molecule has 2 heterocycles. The van der Waals surface area contributed by atoms with E-state index in [1.54, 1.807) is 16.8 Å². The number of anilines is 3. The van der Waals surface area contributed by atoms with Gasteiger partial charge < -0.3 is 26.1 Å². The molecule has 37 heavy (non-hydrogen) atoms. The first-order valence-corrected chi connectivity index (χ1v) is 11.8. The predicted molar refractivity (Wildman–Crippen MR) is 144 cm³/mol. The Balaban J connectivity index is 1.50. The van der Waals surface area contributed by atoms with Crippen LogP contribution in [0.2, 0.25) is 0 Å². The average Bonchev–Trinajstić information content (AvgIpc) is 3.43. The molecule has 0 aliphatic heterocycles. The fraction of sp³-hybridized carbons (Fsp3) is 0.231. The summed E-state index contributed by atoms with van der Waals surface area (Å²) in [7, 11) is 1.50. The van der Waals surface area contributed by atoms with Crippen LogP contribution < -0.4 is 26.8 Å².